The highest BCUT2D eigenvalue weighted by Gasteiger charge is 2.10. The Balaban J connectivity index is 1.58. The van der Waals surface area contributed by atoms with E-state index in [9.17, 15) is 5.26 Å². The second-order valence-corrected chi connectivity index (χ2v) is 7.97. The van der Waals surface area contributed by atoms with Gasteiger partial charge < -0.3 is 9.74 Å². The summed E-state index contributed by atoms with van der Waals surface area (Å²) >= 11 is 1.46. The number of benzene rings is 1. The Labute approximate surface area is 179 Å². The first kappa shape index (κ1) is 19.8. The summed E-state index contributed by atoms with van der Waals surface area (Å²) in [5.74, 6) is 0. The summed E-state index contributed by atoms with van der Waals surface area (Å²) < 4.78 is 2.04. The van der Waals surface area contributed by atoms with Crippen LogP contribution in [0.25, 0.3) is 28.0 Å². The van der Waals surface area contributed by atoms with Gasteiger partial charge in [0.15, 0.2) is 0 Å². The highest BCUT2D eigenvalue weighted by atomic mass is 32.1. The molecule has 30 heavy (non-hydrogen) atoms. The van der Waals surface area contributed by atoms with Gasteiger partial charge in [0.2, 0.25) is 0 Å². The smallest absolute Gasteiger partial charge is 0.137 e. The summed E-state index contributed by atoms with van der Waals surface area (Å²) in [4.78, 5) is 12.6. The van der Waals surface area contributed by atoms with Crippen LogP contribution in [-0.2, 0) is 4.84 Å². The number of imidazole rings is 1. The minimum atomic E-state index is 0.549. The van der Waals surface area contributed by atoms with Gasteiger partial charge in [-0.1, -0.05) is 23.4 Å². The van der Waals surface area contributed by atoms with E-state index >= 15 is 0 Å². The molecule has 0 saturated carbocycles. The molecule has 0 saturated heterocycles. The van der Waals surface area contributed by atoms with Crippen LogP contribution in [0.4, 0.5) is 0 Å². The normalized spacial score (nSPS) is 11.4. The van der Waals surface area contributed by atoms with Crippen molar-refractivity contribution in [3.05, 3.63) is 70.7 Å². The number of rotatable bonds is 7. The number of hydrogen-bond acceptors (Lipinski definition) is 6. The topological polar surface area (TPSA) is 65.9 Å². The summed E-state index contributed by atoms with van der Waals surface area (Å²) in [5, 5.41) is 15.3. The fourth-order valence-electron chi connectivity index (χ4n) is 3.13. The quantitative estimate of drug-likeness (QED) is 0.253. The van der Waals surface area contributed by atoms with E-state index in [1.807, 2.05) is 71.5 Å². The Kier molecular flexibility index (Phi) is 5.89. The van der Waals surface area contributed by atoms with Gasteiger partial charge in [-0.05, 0) is 49.3 Å². The molecule has 0 unspecified atom stereocenters. The average molecular weight is 416 g/mol. The van der Waals surface area contributed by atoms with Gasteiger partial charge in [-0.3, -0.25) is 4.40 Å². The molecule has 7 heteroatoms. The van der Waals surface area contributed by atoms with Crippen molar-refractivity contribution in [2.75, 3.05) is 27.2 Å². The summed E-state index contributed by atoms with van der Waals surface area (Å²) in [7, 11) is 3.99. The van der Waals surface area contributed by atoms with Crippen molar-refractivity contribution in [3.63, 3.8) is 0 Å². The predicted molar refractivity (Wildman–Crippen MR) is 121 cm³/mol. The second kappa shape index (κ2) is 8.91. The van der Waals surface area contributed by atoms with Crippen molar-refractivity contribution in [1.29, 1.82) is 5.26 Å². The number of likely N-dealkylation sites (N-methyl/N-ethyl adjacent to an activating group) is 1. The van der Waals surface area contributed by atoms with Crippen LogP contribution in [0.2, 0.25) is 0 Å². The van der Waals surface area contributed by atoms with Crippen LogP contribution in [0, 0.1) is 11.3 Å². The first-order valence-electron chi connectivity index (χ1n) is 9.51. The fraction of sp³-hybridized carbons (Fsp3) is 0.174. The minimum absolute atomic E-state index is 0.549. The molecule has 0 aliphatic rings. The number of fused-ring (bicyclic) bond motifs is 1. The standard InChI is InChI=1S/C23H21N5OS/c1-27(2)9-10-29-26-15-17-6-8-28-21(16-25-23(28)12-17)19-5-3-4-18(13-19)20-7-11-30-22(20)14-24/h3-8,11-13,15-16H,9-10H2,1-2H3/b26-15+. The van der Waals surface area contributed by atoms with Gasteiger partial charge in [0.25, 0.3) is 0 Å². The molecule has 0 N–H and O–H groups in total. The predicted octanol–water partition coefficient (Wildman–Crippen LogP) is 4.51. The van der Waals surface area contributed by atoms with Gasteiger partial charge >= 0.3 is 0 Å². The van der Waals surface area contributed by atoms with Crippen LogP contribution in [0.5, 0.6) is 0 Å². The summed E-state index contributed by atoms with van der Waals surface area (Å²) in [6.07, 6.45) is 5.54. The number of thiophene rings is 1. The molecular weight excluding hydrogens is 394 g/mol. The molecule has 0 atom stereocenters. The third kappa shape index (κ3) is 4.25. The lowest BCUT2D eigenvalue weighted by atomic mass is 10.0. The monoisotopic (exact) mass is 415 g/mol. The molecule has 0 spiro atoms. The van der Waals surface area contributed by atoms with Gasteiger partial charge in [0, 0.05) is 29.4 Å². The highest BCUT2D eigenvalue weighted by molar-refractivity contribution is 7.11. The van der Waals surface area contributed by atoms with Gasteiger partial charge in [-0.15, -0.1) is 11.3 Å². The van der Waals surface area contributed by atoms with E-state index in [4.69, 9.17) is 4.84 Å². The van der Waals surface area contributed by atoms with Crippen LogP contribution in [0.3, 0.4) is 0 Å². The molecule has 0 aliphatic heterocycles. The SMILES string of the molecule is CN(C)CCO/N=C/c1ccn2c(-c3cccc(-c4ccsc4C#N)c3)cnc2c1. The zero-order valence-corrected chi connectivity index (χ0v) is 17.6. The van der Waals surface area contributed by atoms with E-state index in [1.54, 1.807) is 6.21 Å². The van der Waals surface area contributed by atoms with Crippen LogP contribution >= 0.6 is 11.3 Å². The molecule has 4 rings (SSSR count). The van der Waals surface area contributed by atoms with Gasteiger partial charge in [-0.25, -0.2) is 4.98 Å². The first-order valence-corrected chi connectivity index (χ1v) is 10.4. The molecular formula is C23H21N5OS. The van der Waals surface area contributed by atoms with E-state index in [0.29, 0.717) is 6.61 Å². The van der Waals surface area contributed by atoms with E-state index in [0.717, 1.165) is 45.0 Å². The van der Waals surface area contributed by atoms with E-state index < -0.39 is 0 Å². The average Bonchev–Trinajstić information content (AvgIpc) is 3.40. The fourth-order valence-corrected chi connectivity index (χ4v) is 3.84. The largest absolute Gasteiger partial charge is 0.394 e. The highest BCUT2D eigenvalue weighted by Crippen LogP contribution is 2.31. The van der Waals surface area contributed by atoms with Crippen LogP contribution in [0.1, 0.15) is 10.4 Å². The Bertz CT molecular complexity index is 1230. The molecule has 3 heterocycles. The molecule has 4 aromatic rings. The van der Waals surface area contributed by atoms with Gasteiger partial charge in [0.05, 0.1) is 18.1 Å². The van der Waals surface area contributed by atoms with Crippen LogP contribution < -0.4 is 0 Å². The van der Waals surface area contributed by atoms with Crippen molar-refractivity contribution >= 4 is 23.2 Å². The van der Waals surface area contributed by atoms with Crippen molar-refractivity contribution in [1.82, 2.24) is 14.3 Å². The lowest BCUT2D eigenvalue weighted by molar-refractivity contribution is 0.127. The maximum Gasteiger partial charge on any atom is 0.137 e. The number of hydrogen-bond donors (Lipinski definition) is 0. The third-order valence-electron chi connectivity index (χ3n) is 4.68. The number of nitrogens with zero attached hydrogens (tertiary/aromatic N) is 5. The molecule has 150 valence electrons. The number of oxime groups is 1. The molecule has 0 bridgehead atoms. The minimum Gasteiger partial charge on any atom is -0.394 e. The molecule has 0 aliphatic carbocycles. The van der Waals surface area contributed by atoms with Crippen molar-refractivity contribution < 1.29 is 4.84 Å². The first-order chi connectivity index (χ1) is 14.7. The Morgan fingerprint density at radius 2 is 2.10 bits per heavy atom. The van der Waals surface area contributed by atoms with Crippen LogP contribution in [0.15, 0.2) is 65.4 Å². The molecule has 0 fully saturated rings. The van der Waals surface area contributed by atoms with Crippen molar-refractivity contribution in [2.45, 2.75) is 0 Å². The summed E-state index contributed by atoms with van der Waals surface area (Å²) in [6.45, 7) is 1.37. The Morgan fingerprint density at radius 1 is 1.23 bits per heavy atom. The molecule has 1 aromatic carbocycles. The Hall–Kier alpha value is -3.47. The molecule has 0 amide bonds. The van der Waals surface area contributed by atoms with Crippen molar-refractivity contribution in [2.24, 2.45) is 5.16 Å². The number of aromatic nitrogens is 2. The third-order valence-corrected chi connectivity index (χ3v) is 5.50. The maximum absolute atomic E-state index is 9.33. The molecule has 6 nitrogen and oxygen atoms in total. The number of nitriles is 1. The summed E-state index contributed by atoms with van der Waals surface area (Å²) in [5.41, 5.74) is 5.79. The van der Waals surface area contributed by atoms with E-state index in [2.05, 4.69) is 28.3 Å². The second-order valence-electron chi connectivity index (χ2n) is 7.06. The van der Waals surface area contributed by atoms with E-state index in [1.165, 1.54) is 11.3 Å². The van der Waals surface area contributed by atoms with Gasteiger partial charge in [0.1, 0.15) is 23.2 Å². The van der Waals surface area contributed by atoms with E-state index in [-0.39, 0.29) is 0 Å². The Morgan fingerprint density at radius 3 is 2.93 bits per heavy atom. The molecule has 0 radical (unpaired) electrons. The summed E-state index contributed by atoms with van der Waals surface area (Å²) in [6, 6.07) is 16.4. The maximum atomic E-state index is 9.33. The lowest BCUT2D eigenvalue weighted by Crippen LogP contribution is -2.16. The zero-order valence-electron chi connectivity index (χ0n) is 16.8. The molecule has 3 aromatic heterocycles. The number of pyridine rings is 1. The zero-order chi connectivity index (χ0) is 20.9. The lowest BCUT2D eigenvalue weighted by Gasteiger charge is -2.07. The van der Waals surface area contributed by atoms with Crippen LogP contribution in [-0.4, -0.2) is 47.7 Å². The van der Waals surface area contributed by atoms with Crippen molar-refractivity contribution in [3.8, 4) is 28.5 Å². The van der Waals surface area contributed by atoms with Gasteiger partial charge in [-0.2, -0.15) is 5.26 Å².